The van der Waals surface area contributed by atoms with Gasteiger partial charge in [-0.15, -0.1) is 0 Å². The van der Waals surface area contributed by atoms with E-state index in [1.807, 2.05) is 19.9 Å². The molecule has 0 radical (unpaired) electrons. The molecule has 170 valence electrons. The summed E-state index contributed by atoms with van der Waals surface area (Å²) in [7, 11) is -4.03. The third-order valence-corrected chi connectivity index (χ3v) is 6.46. The van der Waals surface area contributed by atoms with E-state index in [1.165, 1.54) is 36.5 Å². The average molecular weight is 467 g/mol. The number of aryl methyl sites for hydroxylation is 2. The summed E-state index contributed by atoms with van der Waals surface area (Å²) < 4.78 is 27.7. The SMILES string of the molecule is Cc1ccc(S(=O)(=O)N(CC(=O)N/N=C\c2cccc([N+](=O)[O-])c2)c2cccc(C)c2)cc1. The van der Waals surface area contributed by atoms with Crippen molar-refractivity contribution in [3.63, 3.8) is 0 Å². The van der Waals surface area contributed by atoms with Crippen molar-refractivity contribution in [3.05, 3.63) is 99.6 Å². The maximum absolute atomic E-state index is 13.3. The lowest BCUT2D eigenvalue weighted by Gasteiger charge is -2.24. The number of nitrogens with one attached hydrogen (secondary N) is 1. The van der Waals surface area contributed by atoms with Crippen LogP contribution in [0, 0.1) is 24.0 Å². The van der Waals surface area contributed by atoms with Crippen molar-refractivity contribution in [2.75, 3.05) is 10.8 Å². The molecule has 1 amide bonds. The van der Waals surface area contributed by atoms with Crippen molar-refractivity contribution in [3.8, 4) is 0 Å². The number of hydrogen-bond acceptors (Lipinski definition) is 6. The number of nitrogens with zero attached hydrogens (tertiary/aromatic N) is 3. The second kappa shape index (κ2) is 10.0. The van der Waals surface area contributed by atoms with Crippen LogP contribution < -0.4 is 9.73 Å². The van der Waals surface area contributed by atoms with Crippen LogP contribution in [0.15, 0.2) is 82.8 Å². The van der Waals surface area contributed by atoms with Crippen LogP contribution in [0.5, 0.6) is 0 Å². The van der Waals surface area contributed by atoms with E-state index in [-0.39, 0.29) is 10.6 Å². The molecule has 10 heteroatoms. The zero-order valence-electron chi connectivity index (χ0n) is 18.0. The van der Waals surface area contributed by atoms with Gasteiger partial charge in [0.05, 0.1) is 21.7 Å². The van der Waals surface area contributed by atoms with Crippen molar-refractivity contribution in [2.24, 2.45) is 5.10 Å². The number of sulfonamides is 1. The lowest BCUT2D eigenvalue weighted by Crippen LogP contribution is -2.39. The highest BCUT2D eigenvalue weighted by Gasteiger charge is 2.27. The van der Waals surface area contributed by atoms with Crippen LogP contribution in [0.4, 0.5) is 11.4 Å². The minimum atomic E-state index is -4.03. The summed E-state index contributed by atoms with van der Waals surface area (Å²) in [5, 5.41) is 14.7. The highest BCUT2D eigenvalue weighted by Crippen LogP contribution is 2.24. The van der Waals surface area contributed by atoms with E-state index in [9.17, 15) is 23.3 Å². The molecule has 0 saturated heterocycles. The van der Waals surface area contributed by atoms with Gasteiger partial charge in [0.25, 0.3) is 21.6 Å². The maximum Gasteiger partial charge on any atom is 0.270 e. The Morgan fingerprint density at radius 2 is 1.73 bits per heavy atom. The highest BCUT2D eigenvalue weighted by molar-refractivity contribution is 7.92. The number of nitro groups is 1. The minimum absolute atomic E-state index is 0.0579. The Bertz CT molecular complexity index is 1300. The molecule has 0 unspecified atom stereocenters. The Balaban J connectivity index is 1.83. The van der Waals surface area contributed by atoms with Crippen molar-refractivity contribution in [2.45, 2.75) is 18.7 Å². The van der Waals surface area contributed by atoms with Crippen LogP contribution in [0.25, 0.3) is 0 Å². The number of benzene rings is 3. The first-order chi connectivity index (χ1) is 15.7. The van der Waals surface area contributed by atoms with E-state index in [0.717, 1.165) is 15.4 Å². The third-order valence-electron chi connectivity index (χ3n) is 4.67. The van der Waals surface area contributed by atoms with E-state index in [1.54, 1.807) is 36.4 Å². The van der Waals surface area contributed by atoms with Crippen molar-refractivity contribution in [1.82, 2.24) is 5.43 Å². The second-order valence-electron chi connectivity index (χ2n) is 7.31. The monoisotopic (exact) mass is 466 g/mol. The van der Waals surface area contributed by atoms with Crippen molar-refractivity contribution in [1.29, 1.82) is 0 Å². The summed E-state index contributed by atoms with van der Waals surface area (Å²) in [6, 6.07) is 18.9. The average Bonchev–Trinajstić information content (AvgIpc) is 2.78. The predicted molar refractivity (Wildman–Crippen MR) is 126 cm³/mol. The van der Waals surface area contributed by atoms with E-state index in [0.29, 0.717) is 11.3 Å². The molecule has 0 aliphatic heterocycles. The quantitative estimate of drug-likeness (QED) is 0.309. The summed E-state index contributed by atoms with van der Waals surface area (Å²) in [5.74, 6) is -0.672. The number of carbonyl (C=O) groups excluding carboxylic acids is 1. The van der Waals surface area contributed by atoms with Gasteiger partial charge in [0.1, 0.15) is 6.54 Å². The summed E-state index contributed by atoms with van der Waals surface area (Å²) in [5.41, 5.74) is 4.66. The van der Waals surface area contributed by atoms with Gasteiger partial charge in [-0.25, -0.2) is 13.8 Å². The smallest absolute Gasteiger partial charge is 0.270 e. The molecule has 0 atom stereocenters. The summed E-state index contributed by atoms with van der Waals surface area (Å²) in [4.78, 5) is 23.0. The van der Waals surface area contributed by atoms with Crippen molar-refractivity contribution < 1.29 is 18.1 Å². The molecule has 0 spiro atoms. The lowest BCUT2D eigenvalue weighted by atomic mass is 10.2. The first-order valence-corrected chi connectivity index (χ1v) is 11.3. The second-order valence-corrected chi connectivity index (χ2v) is 9.17. The Morgan fingerprint density at radius 1 is 1.03 bits per heavy atom. The van der Waals surface area contributed by atoms with Crippen LogP contribution in [-0.4, -0.2) is 32.0 Å². The van der Waals surface area contributed by atoms with Crippen LogP contribution in [0.2, 0.25) is 0 Å². The Hall–Kier alpha value is -4.05. The Labute approximate surface area is 191 Å². The third kappa shape index (κ3) is 6.01. The molecular weight excluding hydrogens is 444 g/mol. The molecule has 0 bridgehead atoms. The molecule has 0 aliphatic carbocycles. The Kier molecular flexibility index (Phi) is 7.19. The van der Waals surface area contributed by atoms with Gasteiger partial charge in [-0.1, -0.05) is 42.0 Å². The molecule has 0 fully saturated rings. The highest BCUT2D eigenvalue weighted by atomic mass is 32.2. The number of amides is 1. The summed E-state index contributed by atoms with van der Waals surface area (Å²) >= 11 is 0. The van der Waals surface area contributed by atoms with E-state index < -0.39 is 27.4 Å². The van der Waals surface area contributed by atoms with E-state index in [4.69, 9.17) is 0 Å². The number of carbonyl (C=O) groups is 1. The molecule has 3 aromatic carbocycles. The number of rotatable bonds is 8. The largest absolute Gasteiger partial charge is 0.271 e. The predicted octanol–water partition coefficient (Wildman–Crippen LogP) is 3.56. The molecule has 9 nitrogen and oxygen atoms in total. The van der Waals surface area contributed by atoms with Gasteiger partial charge < -0.3 is 0 Å². The van der Waals surface area contributed by atoms with Crippen LogP contribution in [0.1, 0.15) is 16.7 Å². The van der Waals surface area contributed by atoms with Gasteiger partial charge in [-0.05, 0) is 43.7 Å². The minimum Gasteiger partial charge on any atom is -0.271 e. The first-order valence-electron chi connectivity index (χ1n) is 9.89. The number of anilines is 1. The topological polar surface area (TPSA) is 122 Å². The maximum atomic E-state index is 13.3. The van der Waals surface area contributed by atoms with E-state index in [2.05, 4.69) is 10.5 Å². The number of hydrogen-bond donors (Lipinski definition) is 1. The number of hydrazone groups is 1. The number of non-ortho nitro benzene ring substituents is 1. The normalized spacial score (nSPS) is 11.3. The lowest BCUT2D eigenvalue weighted by molar-refractivity contribution is -0.384. The first kappa shape index (κ1) is 23.6. The molecule has 1 N–H and O–H groups in total. The fourth-order valence-electron chi connectivity index (χ4n) is 3.00. The molecular formula is C23H22N4O5S. The van der Waals surface area contributed by atoms with Crippen LogP contribution in [-0.2, 0) is 14.8 Å². The van der Waals surface area contributed by atoms with E-state index >= 15 is 0 Å². The molecule has 0 saturated carbocycles. The van der Waals surface area contributed by atoms with Crippen LogP contribution in [0.3, 0.4) is 0 Å². The van der Waals surface area contributed by atoms with Gasteiger partial charge >= 0.3 is 0 Å². The van der Waals surface area contributed by atoms with Gasteiger partial charge in [0, 0.05) is 17.7 Å². The molecule has 0 aliphatic rings. The standard InChI is InChI=1S/C23H22N4O5S/c1-17-9-11-22(12-10-17)33(31,32)26(20-7-3-5-18(2)13-20)16-23(28)25-24-15-19-6-4-8-21(14-19)27(29)30/h3-15H,16H2,1-2H3,(H,25,28)/b24-15-. The summed E-state index contributed by atoms with van der Waals surface area (Å²) in [6.45, 7) is 3.16. The van der Waals surface area contributed by atoms with Crippen molar-refractivity contribution >= 4 is 33.5 Å². The summed E-state index contributed by atoms with van der Waals surface area (Å²) in [6.07, 6.45) is 1.25. The zero-order valence-corrected chi connectivity index (χ0v) is 18.8. The van der Waals surface area contributed by atoms with Crippen LogP contribution >= 0.6 is 0 Å². The van der Waals surface area contributed by atoms with Gasteiger partial charge in [0.15, 0.2) is 0 Å². The van der Waals surface area contributed by atoms with Gasteiger partial charge in [0.2, 0.25) is 0 Å². The Morgan fingerprint density at radius 3 is 2.39 bits per heavy atom. The van der Waals surface area contributed by atoms with Gasteiger partial charge in [-0.3, -0.25) is 19.2 Å². The molecule has 0 heterocycles. The fraction of sp³-hybridized carbons (Fsp3) is 0.130. The zero-order chi connectivity index (χ0) is 24.0. The molecule has 0 aromatic heterocycles. The van der Waals surface area contributed by atoms with Gasteiger partial charge in [-0.2, -0.15) is 5.10 Å². The molecule has 33 heavy (non-hydrogen) atoms. The number of nitro benzene ring substituents is 1. The molecule has 3 rings (SSSR count). The molecule has 3 aromatic rings. The fourth-order valence-corrected chi connectivity index (χ4v) is 4.41.